The van der Waals surface area contributed by atoms with Gasteiger partial charge in [-0.25, -0.2) is 0 Å². The fourth-order valence-corrected chi connectivity index (χ4v) is 1.54. The summed E-state index contributed by atoms with van der Waals surface area (Å²) in [5.74, 6) is 0. The molecule has 4 heteroatoms. The molecule has 1 aliphatic rings. The molecule has 13 heavy (non-hydrogen) atoms. The maximum absolute atomic E-state index is 9.56. The summed E-state index contributed by atoms with van der Waals surface area (Å²) in [7, 11) is 0. The van der Waals surface area contributed by atoms with Crippen molar-refractivity contribution in [3.05, 3.63) is 11.3 Å². The van der Waals surface area contributed by atoms with Crippen LogP contribution in [0.2, 0.25) is 0 Å². The van der Waals surface area contributed by atoms with E-state index in [2.05, 4.69) is 0 Å². The van der Waals surface area contributed by atoms with E-state index >= 15 is 0 Å². The summed E-state index contributed by atoms with van der Waals surface area (Å²) in [4.78, 5) is 0. The van der Waals surface area contributed by atoms with E-state index in [1.165, 1.54) is 0 Å². The molecular formula is C9H14N2O2. The Kier molecular flexibility index (Phi) is 3.29. The monoisotopic (exact) mass is 182 g/mol. The Morgan fingerprint density at radius 2 is 2.46 bits per heavy atom. The van der Waals surface area contributed by atoms with Crippen molar-refractivity contribution >= 4 is 0 Å². The fraction of sp³-hybridized carbons (Fsp3) is 0.667. The number of nitriles is 1. The van der Waals surface area contributed by atoms with Crippen molar-refractivity contribution in [2.45, 2.75) is 32.3 Å². The third-order valence-electron chi connectivity index (χ3n) is 2.24. The molecule has 1 rings (SSSR count). The molecular weight excluding hydrogens is 168 g/mol. The average Bonchev–Trinajstić information content (AvgIpc) is 2.11. The lowest BCUT2D eigenvalue weighted by Gasteiger charge is -2.30. The van der Waals surface area contributed by atoms with Crippen LogP contribution in [0, 0.1) is 11.3 Å². The predicted molar refractivity (Wildman–Crippen MR) is 46.7 cm³/mol. The molecule has 0 spiro atoms. The van der Waals surface area contributed by atoms with Crippen molar-refractivity contribution in [2.75, 3.05) is 6.54 Å². The molecule has 72 valence electrons. The number of hydrogen-bond donors (Lipinski definition) is 2. The summed E-state index contributed by atoms with van der Waals surface area (Å²) in [6, 6.07) is 2.00. The van der Waals surface area contributed by atoms with Crippen molar-refractivity contribution in [1.82, 2.24) is 5.06 Å². The van der Waals surface area contributed by atoms with Gasteiger partial charge in [0.1, 0.15) is 0 Å². The Morgan fingerprint density at radius 3 is 2.92 bits per heavy atom. The molecule has 0 bridgehead atoms. The first-order chi connectivity index (χ1) is 6.20. The van der Waals surface area contributed by atoms with E-state index in [0.717, 1.165) is 11.5 Å². The van der Waals surface area contributed by atoms with Crippen molar-refractivity contribution in [2.24, 2.45) is 0 Å². The lowest BCUT2D eigenvalue weighted by molar-refractivity contribution is -0.0932. The summed E-state index contributed by atoms with van der Waals surface area (Å²) in [5, 5.41) is 28.8. The predicted octanol–water partition coefficient (Wildman–Crippen LogP) is 1.02. The van der Waals surface area contributed by atoms with Gasteiger partial charge >= 0.3 is 0 Å². The number of allylic oxidation sites excluding steroid dienone is 1. The van der Waals surface area contributed by atoms with E-state index in [9.17, 15) is 10.3 Å². The fourth-order valence-electron chi connectivity index (χ4n) is 1.54. The van der Waals surface area contributed by atoms with Gasteiger partial charge in [0, 0.05) is 6.54 Å². The molecule has 0 amide bonds. The number of hydrogen-bond acceptors (Lipinski definition) is 4. The first-order valence-electron chi connectivity index (χ1n) is 4.48. The van der Waals surface area contributed by atoms with E-state index in [1.807, 2.05) is 13.0 Å². The SMILES string of the molecule is CC/C(C#N)=C1\C(O)CCCN1O. The molecule has 2 N–H and O–H groups in total. The molecule has 1 aliphatic heterocycles. The van der Waals surface area contributed by atoms with Gasteiger partial charge in [-0.2, -0.15) is 5.26 Å². The largest absolute Gasteiger partial charge is 0.387 e. The third-order valence-corrected chi connectivity index (χ3v) is 2.24. The Bertz CT molecular complexity index is 243. The summed E-state index contributed by atoms with van der Waals surface area (Å²) in [6.07, 6.45) is 1.23. The van der Waals surface area contributed by atoms with Crippen LogP contribution in [0.5, 0.6) is 0 Å². The van der Waals surface area contributed by atoms with Crippen LogP contribution in [0.15, 0.2) is 11.3 Å². The van der Waals surface area contributed by atoms with Gasteiger partial charge in [0.05, 0.1) is 23.4 Å². The molecule has 0 aliphatic carbocycles. The highest BCUT2D eigenvalue weighted by Gasteiger charge is 2.24. The van der Waals surface area contributed by atoms with Crippen molar-refractivity contribution in [1.29, 1.82) is 5.26 Å². The van der Waals surface area contributed by atoms with E-state index in [0.29, 0.717) is 30.7 Å². The Morgan fingerprint density at radius 1 is 1.77 bits per heavy atom. The highest BCUT2D eigenvalue weighted by molar-refractivity contribution is 5.29. The molecule has 0 aromatic carbocycles. The summed E-state index contributed by atoms with van der Waals surface area (Å²) in [6.45, 7) is 2.33. The lowest BCUT2D eigenvalue weighted by atomic mass is 10.0. The highest BCUT2D eigenvalue weighted by Crippen LogP contribution is 2.23. The van der Waals surface area contributed by atoms with Crippen molar-refractivity contribution < 1.29 is 10.3 Å². The van der Waals surface area contributed by atoms with E-state index in [4.69, 9.17) is 5.26 Å². The molecule has 1 fully saturated rings. The smallest absolute Gasteiger partial charge is 0.0970 e. The number of aliphatic hydroxyl groups is 1. The van der Waals surface area contributed by atoms with Crippen LogP contribution in [0.1, 0.15) is 26.2 Å². The van der Waals surface area contributed by atoms with E-state index < -0.39 is 6.10 Å². The van der Waals surface area contributed by atoms with Gasteiger partial charge in [0.2, 0.25) is 0 Å². The maximum Gasteiger partial charge on any atom is 0.0970 e. The molecule has 0 aromatic rings. The van der Waals surface area contributed by atoms with Gasteiger partial charge in [-0.1, -0.05) is 6.92 Å². The minimum absolute atomic E-state index is 0.385. The summed E-state index contributed by atoms with van der Waals surface area (Å²) < 4.78 is 0. The molecule has 0 saturated carbocycles. The number of piperidine rings is 1. The number of nitrogens with zero attached hydrogens (tertiary/aromatic N) is 2. The van der Waals surface area contributed by atoms with Crippen LogP contribution in [0.4, 0.5) is 0 Å². The molecule has 1 unspecified atom stereocenters. The number of aliphatic hydroxyl groups excluding tert-OH is 1. The Labute approximate surface area is 77.7 Å². The summed E-state index contributed by atoms with van der Waals surface area (Å²) >= 11 is 0. The molecule has 1 heterocycles. The number of rotatable bonds is 1. The van der Waals surface area contributed by atoms with Gasteiger partial charge in [0.25, 0.3) is 0 Å². The third kappa shape index (κ3) is 2.00. The van der Waals surface area contributed by atoms with Crippen molar-refractivity contribution in [3.8, 4) is 6.07 Å². The van der Waals surface area contributed by atoms with E-state index in [1.54, 1.807) is 0 Å². The second kappa shape index (κ2) is 4.26. The average molecular weight is 182 g/mol. The van der Waals surface area contributed by atoms with Gasteiger partial charge in [-0.05, 0) is 19.3 Å². The Balaban J connectivity index is 2.96. The van der Waals surface area contributed by atoms with Crippen LogP contribution in [0.25, 0.3) is 0 Å². The first-order valence-corrected chi connectivity index (χ1v) is 4.48. The van der Waals surface area contributed by atoms with Gasteiger partial charge in [-0.3, -0.25) is 10.3 Å². The topological polar surface area (TPSA) is 67.5 Å². The quantitative estimate of drug-likeness (QED) is 0.594. The molecule has 1 atom stereocenters. The van der Waals surface area contributed by atoms with Crippen LogP contribution < -0.4 is 0 Å². The maximum atomic E-state index is 9.56. The van der Waals surface area contributed by atoms with Crippen molar-refractivity contribution in [3.63, 3.8) is 0 Å². The van der Waals surface area contributed by atoms with Gasteiger partial charge in [-0.15, -0.1) is 0 Å². The molecule has 1 saturated heterocycles. The zero-order chi connectivity index (χ0) is 9.84. The van der Waals surface area contributed by atoms with Gasteiger partial charge in [0.15, 0.2) is 0 Å². The Hall–Kier alpha value is -1.05. The van der Waals surface area contributed by atoms with Crippen LogP contribution in [0.3, 0.4) is 0 Å². The highest BCUT2D eigenvalue weighted by atomic mass is 16.5. The van der Waals surface area contributed by atoms with Crippen LogP contribution >= 0.6 is 0 Å². The van der Waals surface area contributed by atoms with Gasteiger partial charge < -0.3 is 5.11 Å². The second-order valence-corrected chi connectivity index (χ2v) is 3.11. The van der Waals surface area contributed by atoms with Crippen LogP contribution in [-0.2, 0) is 0 Å². The zero-order valence-corrected chi connectivity index (χ0v) is 7.69. The lowest BCUT2D eigenvalue weighted by Crippen LogP contribution is -2.34. The standard InChI is InChI=1S/C9H14N2O2/c1-2-7(6-10)9-8(12)4-3-5-11(9)13/h8,12-13H,2-5H2,1H3/b9-7-. The first kappa shape index (κ1) is 10.0. The second-order valence-electron chi connectivity index (χ2n) is 3.11. The molecule has 4 nitrogen and oxygen atoms in total. The minimum Gasteiger partial charge on any atom is -0.387 e. The zero-order valence-electron chi connectivity index (χ0n) is 7.69. The minimum atomic E-state index is -0.687. The molecule has 0 aromatic heterocycles. The van der Waals surface area contributed by atoms with E-state index in [-0.39, 0.29) is 0 Å². The van der Waals surface area contributed by atoms with Crippen LogP contribution in [-0.4, -0.2) is 28.0 Å². The molecule has 0 radical (unpaired) electrons. The number of hydroxylamine groups is 2. The normalized spacial score (nSPS) is 26.9. The summed E-state index contributed by atoms with van der Waals surface area (Å²) in [5.41, 5.74) is 0.853.